The summed E-state index contributed by atoms with van der Waals surface area (Å²) in [7, 11) is 0. The number of fused-ring (bicyclic) bond motifs is 6. The Balaban J connectivity index is 1.23. The van der Waals surface area contributed by atoms with Gasteiger partial charge in [-0.25, -0.2) is 0 Å². The van der Waals surface area contributed by atoms with E-state index in [1.165, 1.54) is 88.3 Å². The molecule has 0 saturated carbocycles. The van der Waals surface area contributed by atoms with Crippen LogP contribution >= 0.6 is 0 Å². The zero-order chi connectivity index (χ0) is 32.7. The van der Waals surface area contributed by atoms with Crippen molar-refractivity contribution < 1.29 is 9.47 Å². The highest BCUT2D eigenvalue weighted by Crippen LogP contribution is 2.57. The van der Waals surface area contributed by atoms with Gasteiger partial charge in [0.15, 0.2) is 0 Å². The van der Waals surface area contributed by atoms with Crippen molar-refractivity contribution in [2.24, 2.45) is 0 Å². The summed E-state index contributed by atoms with van der Waals surface area (Å²) in [5.74, 6) is 0. The molecule has 0 radical (unpaired) electrons. The van der Waals surface area contributed by atoms with Crippen LogP contribution in [0.4, 0.5) is 0 Å². The summed E-state index contributed by atoms with van der Waals surface area (Å²) in [6.07, 6.45) is 2.68. The Labute approximate surface area is 288 Å². The van der Waals surface area contributed by atoms with Crippen LogP contribution < -0.4 is 0 Å². The minimum atomic E-state index is -0.450. The molecule has 2 fully saturated rings. The molecule has 2 saturated heterocycles. The maximum absolute atomic E-state index is 5.58. The van der Waals surface area contributed by atoms with Crippen LogP contribution in [0.2, 0.25) is 0 Å². The van der Waals surface area contributed by atoms with Crippen molar-refractivity contribution in [3.05, 3.63) is 178 Å². The number of aryl methyl sites for hydroxylation is 2. The quantitative estimate of drug-likeness (QED) is 0.129. The number of ether oxygens (including phenoxy) is 2. The lowest BCUT2D eigenvalue weighted by Gasteiger charge is -2.34. The lowest BCUT2D eigenvalue weighted by atomic mass is 9.67. The average molecular weight is 635 g/mol. The average Bonchev–Trinajstić information content (AvgIpc) is 4.08. The van der Waals surface area contributed by atoms with E-state index >= 15 is 0 Å². The van der Waals surface area contributed by atoms with E-state index in [0.29, 0.717) is 12.2 Å². The van der Waals surface area contributed by atoms with E-state index < -0.39 is 5.41 Å². The number of benzene rings is 7. The van der Waals surface area contributed by atoms with Crippen LogP contribution in [0.5, 0.6) is 0 Å². The normalized spacial score (nSPS) is 20.4. The van der Waals surface area contributed by atoms with Crippen molar-refractivity contribution in [2.45, 2.75) is 44.3 Å². The van der Waals surface area contributed by atoms with Gasteiger partial charge in [-0.05, 0) is 109 Å². The van der Waals surface area contributed by atoms with Crippen LogP contribution in [0.15, 0.2) is 133 Å². The molecule has 49 heavy (non-hydrogen) atoms. The van der Waals surface area contributed by atoms with Gasteiger partial charge in [0.2, 0.25) is 0 Å². The molecule has 2 aliphatic heterocycles. The highest BCUT2D eigenvalue weighted by molar-refractivity contribution is 6.14. The van der Waals surface area contributed by atoms with Crippen molar-refractivity contribution in [1.29, 1.82) is 0 Å². The summed E-state index contributed by atoms with van der Waals surface area (Å²) in [4.78, 5) is 0. The van der Waals surface area contributed by atoms with E-state index in [2.05, 4.69) is 147 Å². The van der Waals surface area contributed by atoms with Crippen LogP contribution in [-0.4, -0.2) is 25.4 Å². The van der Waals surface area contributed by atoms with Gasteiger partial charge in [-0.3, -0.25) is 0 Å². The van der Waals surface area contributed by atoms with Crippen LogP contribution in [0.1, 0.15) is 44.5 Å². The molecule has 1 aliphatic carbocycles. The minimum Gasteiger partial charge on any atom is -0.373 e. The van der Waals surface area contributed by atoms with Gasteiger partial charge in [0.25, 0.3) is 0 Å². The van der Waals surface area contributed by atoms with E-state index in [1.807, 2.05) is 0 Å². The third-order valence-electron chi connectivity index (χ3n) is 11.2. The largest absolute Gasteiger partial charge is 0.373 e. The van der Waals surface area contributed by atoms with Crippen LogP contribution in [-0.2, 0) is 27.7 Å². The van der Waals surface area contributed by atoms with Crippen molar-refractivity contribution >= 4 is 21.5 Å². The van der Waals surface area contributed by atoms with Crippen LogP contribution in [0, 0.1) is 13.8 Å². The molecule has 2 nitrogen and oxygen atoms in total. The lowest BCUT2D eigenvalue weighted by molar-refractivity contribution is 0.407. The summed E-state index contributed by atoms with van der Waals surface area (Å²) in [6, 6.07) is 51.0. The standard InChI is InChI=1S/C47H38O2/c1-29-11-20-41-44-26-42(43-25-33-7-3-4-8-38(33)39-9-5-6-10-40(39)43)30(2)22-46(44)47(45(41)21-29,34-16-12-31(13-17-34)23-36-27-48-36)35-18-14-32(15-19-35)24-37-28-49-37/h3-22,25-26,36-37H,23-24,27-28H2,1-2H3. The Kier molecular flexibility index (Phi) is 6.50. The monoisotopic (exact) mass is 634 g/mol. The van der Waals surface area contributed by atoms with Gasteiger partial charge in [0.05, 0.1) is 30.8 Å². The van der Waals surface area contributed by atoms with Gasteiger partial charge in [0, 0.05) is 12.8 Å². The number of hydrogen-bond acceptors (Lipinski definition) is 2. The predicted molar refractivity (Wildman–Crippen MR) is 201 cm³/mol. The fraction of sp³-hybridized carbons (Fsp3) is 0.191. The van der Waals surface area contributed by atoms with E-state index in [9.17, 15) is 0 Å². The summed E-state index contributed by atoms with van der Waals surface area (Å²) in [6.45, 7) is 6.27. The highest BCUT2D eigenvalue weighted by Gasteiger charge is 2.46. The molecule has 0 aromatic heterocycles. The number of rotatable bonds is 7. The Hall–Kier alpha value is -5.02. The molecule has 238 valence electrons. The van der Waals surface area contributed by atoms with Gasteiger partial charge >= 0.3 is 0 Å². The molecule has 3 aliphatic rings. The molecule has 7 aromatic rings. The summed E-state index contributed by atoms with van der Waals surface area (Å²) in [5.41, 5.74) is 15.3. The molecule has 10 rings (SSSR count). The van der Waals surface area contributed by atoms with Gasteiger partial charge in [-0.15, -0.1) is 0 Å². The molecule has 2 unspecified atom stereocenters. The SMILES string of the molecule is Cc1ccc2c(c1)C(c1ccc(CC3CO3)cc1)(c1ccc(CC3CO3)cc1)c1cc(C)c(-c3cc4ccccc4c4ccccc34)cc1-2. The first-order chi connectivity index (χ1) is 24.1. The Bertz CT molecular complexity index is 2350. The summed E-state index contributed by atoms with van der Waals surface area (Å²) in [5, 5.41) is 5.17. The van der Waals surface area contributed by atoms with E-state index in [1.54, 1.807) is 0 Å². The fourth-order valence-electron chi connectivity index (χ4n) is 8.62. The minimum absolute atomic E-state index is 0.366. The number of hydrogen-bond donors (Lipinski definition) is 0. The molecular formula is C47H38O2. The molecular weight excluding hydrogens is 597 g/mol. The van der Waals surface area contributed by atoms with Crippen LogP contribution in [0.25, 0.3) is 43.8 Å². The Morgan fingerprint density at radius 1 is 0.510 bits per heavy atom. The Morgan fingerprint density at radius 2 is 1.08 bits per heavy atom. The van der Waals surface area contributed by atoms with Gasteiger partial charge in [0.1, 0.15) is 0 Å². The molecule has 0 N–H and O–H groups in total. The Morgan fingerprint density at radius 3 is 1.71 bits per heavy atom. The first-order valence-corrected chi connectivity index (χ1v) is 17.7. The predicted octanol–water partition coefficient (Wildman–Crippen LogP) is 10.5. The second-order valence-corrected chi connectivity index (χ2v) is 14.4. The molecule has 2 atom stereocenters. The van der Waals surface area contributed by atoms with E-state index in [0.717, 1.165) is 26.1 Å². The molecule has 0 bridgehead atoms. The fourth-order valence-corrected chi connectivity index (χ4v) is 8.62. The second kappa shape index (κ2) is 11.0. The highest BCUT2D eigenvalue weighted by atomic mass is 16.6. The van der Waals surface area contributed by atoms with Gasteiger partial charge in [-0.1, -0.05) is 127 Å². The maximum atomic E-state index is 5.58. The van der Waals surface area contributed by atoms with Gasteiger partial charge in [-0.2, -0.15) is 0 Å². The summed E-state index contributed by atoms with van der Waals surface area (Å²) < 4.78 is 11.2. The topological polar surface area (TPSA) is 25.1 Å². The third-order valence-corrected chi connectivity index (χ3v) is 11.2. The van der Waals surface area contributed by atoms with Gasteiger partial charge < -0.3 is 9.47 Å². The third kappa shape index (κ3) is 4.70. The first kappa shape index (κ1) is 28.9. The van der Waals surface area contributed by atoms with E-state index in [4.69, 9.17) is 9.47 Å². The zero-order valence-electron chi connectivity index (χ0n) is 28.0. The van der Waals surface area contributed by atoms with Crippen molar-refractivity contribution in [2.75, 3.05) is 13.2 Å². The maximum Gasteiger partial charge on any atom is 0.0850 e. The van der Waals surface area contributed by atoms with Crippen molar-refractivity contribution in [3.63, 3.8) is 0 Å². The molecule has 2 heterocycles. The second-order valence-electron chi connectivity index (χ2n) is 14.4. The molecule has 0 amide bonds. The molecule has 7 aromatic carbocycles. The lowest BCUT2D eigenvalue weighted by Crippen LogP contribution is -2.29. The smallest absolute Gasteiger partial charge is 0.0850 e. The van der Waals surface area contributed by atoms with Crippen molar-refractivity contribution in [1.82, 2.24) is 0 Å². The zero-order valence-corrected chi connectivity index (χ0v) is 28.0. The molecule has 0 spiro atoms. The summed E-state index contributed by atoms with van der Waals surface area (Å²) >= 11 is 0. The first-order valence-electron chi connectivity index (χ1n) is 17.7. The molecule has 2 heteroatoms. The van der Waals surface area contributed by atoms with Crippen molar-refractivity contribution in [3.8, 4) is 22.3 Å². The number of epoxide rings is 2. The van der Waals surface area contributed by atoms with Crippen LogP contribution in [0.3, 0.4) is 0 Å². The van der Waals surface area contributed by atoms with E-state index in [-0.39, 0.29) is 0 Å².